The van der Waals surface area contributed by atoms with Crippen molar-refractivity contribution in [3.8, 4) is 17.2 Å². The van der Waals surface area contributed by atoms with Crippen LogP contribution >= 0.6 is 0 Å². The number of carbonyl (C=O) groups excluding carboxylic acids is 2. The molecule has 4 rings (SSSR count). The van der Waals surface area contributed by atoms with Crippen molar-refractivity contribution in [1.29, 1.82) is 0 Å². The number of benzene rings is 3. The predicted octanol–water partition coefficient (Wildman–Crippen LogP) is 4.40. The van der Waals surface area contributed by atoms with Gasteiger partial charge in [0, 0.05) is 18.1 Å². The first-order valence-corrected chi connectivity index (χ1v) is 10.4. The molecule has 0 radical (unpaired) electrons. The summed E-state index contributed by atoms with van der Waals surface area (Å²) >= 11 is 0. The van der Waals surface area contributed by atoms with E-state index in [9.17, 15) is 9.59 Å². The van der Waals surface area contributed by atoms with Gasteiger partial charge in [-0.3, -0.25) is 4.79 Å². The number of rotatable bonds is 8. The number of amides is 3. The minimum Gasteiger partial charge on any atom is -0.457 e. The zero-order valence-corrected chi connectivity index (χ0v) is 17.7. The Balaban J connectivity index is 1.48. The van der Waals surface area contributed by atoms with Gasteiger partial charge in [-0.05, 0) is 54.1 Å². The molecule has 0 aliphatic carbocycles. The van der Waals surface area contributed by atoms with Crippen LogP contribution in [-0.4, -0.2) is 21.7 Å². The number of aromatic nitrogens is 2. The molecule has 0 bridgehead atoms. The average Bonchev–Trinajstić information content (AvgIpc) is 3.35. The zero-order valence-electron chi connectivity index (χ0n) is 17.7. The summed E-state index contributed by atoms with van der Waals surface area (Å²) in [6.07, 6.45) is 3.49. The van der Waals surface area contributed by atoms with Crippen LogP contribution in [0.15, 0.2) is 97.3 Å². The Morgan fingerprint density at radius 2 is 1.73 bits per heavy atom. The molecule has 1 aromatic heterocycles. The van der Waals surface area contributed by atoms with Gasteiger partial charge in [0.1, 0.15) is 11.5 Å². The first kappa shape index (κ1) is 21.6. The number of carbonyl (C=O) groups is 2. The van der Waals surface area contributed by atoms with Crippen molar-refractivity contribution in [1.82, 2.24) is 15.1 Å². The summed E-state index contributed by atoms with van der Waals surface area (Å²) in [5.74, 6) is 0.993. The van der Waals surface area contributed by atoms with Crippen LogP contribution in [0.2, 0.25) is 0 Å². The first-order valence-electron chi connectivity index (χ1n) is 10.4. The van der Waals surface area contributed by atoms with Crippen molar-refractivity contribution in [2.24, 2.45) is 5.73 Å². The van der Waals surface area contributed by atoms with E-state index < -0.39 is 12.1 Å². The van der Waals surface area contributed by atoms with E-state index in [0.717, 1.165) is 5.69 Å². The van der Waals surface area contributed by atoms with Crippen LogP contribution in [0.4, 0.5) is 10.5 Å². The molecule has 33 heavy (non-hydrogen) atoms. The molecule has 0 fully saturated rings. The molecule has 4 N–H and O–H groups in total. The van der Waals surface area contributed by atoms with E-state index >= 15 is 0 Å². The first-order chi connectivity index (χ1) is 16.1. The van der Waals surface area contributed by atoms with Gasteiger partial charge < -0.3 is 21.1 Å². The zero-order chi connectivity index (χ0) is 23.0. The number of anilines is 1. The van der Waals surface area contributed by atoms with Crippen molar-refractivity contribution in [2.75, 3.05) is 5.32 Å². The molecule has 0 aliphatic heterocycles. The van der Waals surface area contributed by atoms with Crippen molar-refractivity contribution >= 4 is 17.6 Å². The fraction of sp³-hybridized carbons (Fsp3) is 0.0800. The van der Waals surface area contributed by atoms with Gasteiger partial charge in [0.25, 0.3) is 0 Å². The smallest absolute Gasteiger partial charge is 0.312 e. The molecule has 0 aliphatic rings. The summed E-state index contributed by atoms with van der Waals surface area (Å²) in [4.78, 5) is 24.4. The van der Waals surface area contributed by atoms with Gasteiger partial charge in [-0.25, -0.2) is 9.48 Å². The molecule has 1 heterocycles. The Bertz CT molecular complexity index is 1230. The number of hydrogen-bond acceptors (Lipinski definition) is 4. The highest BCUT2D eigenvalue weighted by Gasteiger charge is 2.18. The van der Waals surface area contributed by atoms with E-state index in [1.807, 2.05) is 66.9 Å². The normalized spacial score (nSPS) is 11.4. The number of nitrogens with one attached hydrogen (secondary N) is 2. The third-order valence-electron chi connectivity index (χ3n) is 4.84. The summed E-state index contributed by atoms with van der Waals surface area (Å²) < 4.78 is 7.57. The van der Waals surface area contributed by atoms with Crippen molar-refractivity contribution in [3.05, 3.63) is 103 Å². The fourth-order valence-electron chi connectivity index (χ4n) is 3.39. The Morgan fingerprint density at radius 1 is 0.939 bits per heavy atom. The van der Waals surface area contributed by atoms with E-state index in [1.54, 1.807) is 35.1 Å². The van der Waals surface area contributed by atoms with Gasteiger partial charge in [0.2, 0.25) is 5.91 Å². The number of para-hydroxylation sites is 1. The minimum atomic E-state index is -0.720. The van der Waals surface area contributed by atoms with E-state index in [4.69, 9.17) is 10.5 Å². The second kappa shape index (κ2) is 10.1. The van der Waals surface area contributed by atoms with E-state index in [2.05, 4.69) is 15.7 Å². The molecule has 1 atom stereocenters. The predicted molar refractivity (Wildman–Crippen MR) is 125 cm³/mol. The van der Waals surface area contributed by atoms with Crippen LogP contribution in [0.1, 0.15) is 18.0 Å². The van der Waals surface area contributed by atoms with E-state index in [-0.39, 0.29) is 12.3 Å². The molecule has 8 heteroatoms. The number of nitrogens with zero attached hydrogens (tertiary/aromatic N) is 2. The summed E-state index contributed by atoms with van der Waals surface area (Å²) in [5, 5.41) is 9.71. The monoisotopic (exact) mass is 441 g/mol. The van der Waals surface area contributed by atoms with Crippen LogP contribution in [0.3, 0.4) is 0 Å². The number of ether oxygens (including phenoxy) is 1. The maximum atomic E-state index is 12.8. The Kier molecular flexibility index (Phi) is 6.65. The highest BCUT2D eigenvalue weighted by atomic mass is 16.5. The van der Waals surface area contributed by atoms with Gasteiger partial charge in [-0.1, -0.05) is 36.4 Å². The highest BCUT2D eigenvalue weighted by Crippen LogP contribution is 2.26. The molecule has 0 saturated heterocycles. The van der Waals surface area contributed by atoms with Gasteiger partial charge in [-0.2, -0.15) is 5.10 Å². The van der Waals surface area contributed by atoms with Crippen LogP contribution in [0.25, 0.3) is 5.69 Å². The highest BCUT2D eigenvalue weighted by molar-refractivity contribution is 5.91. The van der Waals surface area contributed by atoms with Crippen LogP contribution in [-0.2, 0) is 4.79 Å². The Morgan fingerprint density at radius 3 is 2.48 bits per heavy atom. The largest absolute Gasteiger partial charge is 0.457 e. The molecular weight excluding hydrogens is 418 g/mol. The topological polar surface area (TPSA) is 111 Å². The molecule has 3 aromatic carbocycles. The lowest BCUT2D eigenvalue weighted by Gasteiger charge is -2.19. The second-order valence-electron chi connectivity index (χ2n) is 7.30. The molecule has 0 spiro atoms. The maximum Gasteiger partial charge on any atom is 0.312 e. The van der Waals surface area contributed by atoms with Crippen molar-refractivity contribution < 1.29 is 14.3 Å². The third kappa shape index (κ3) is 5.98. The van der Waals surface area contributed by atoms with Crippen molar-refractivity contribution in [3.63, 3.8) is 0 Å². The third-order valence-corrected chi connectivity index (χ3v) is 4.84. The maximum absolute atomic E-state index is 12.8. The van der Waals surface area contributed by atoms with Crippen LogP contribution < -0.4 is 21.1 Å². The Labute approximate surface area is 191 Å². The van der Waals surface area contributed by atoms with Gasteiger partial charge in [0.05, 0.1) is 18.2 Å². The summed E-state index contributed by atoms with van der Waals surface area (Å²) in [5.41, 5.74) is 7.50. The lowest BCUT2D eigenvalue weighted by atomic mass is 10.0. The van der Waals surface area contributed by atoms with Gasteiger partial charge in [-0.15, -0.1) is 0 Å². The molecule has 3 amide bonds. The fourth-order valence-corrected chi connectivity index (χ4v) is 3.39. The van der Waals surface area contributed by atoms with E-state index in [1.165, 1.54) is 0 Å². The number of urea groups is 1. The molecule has 1 unspecified atom stereocenters. The van der Waals surface area contributed by atoms with Crippen LogP contribution in [0.5, 0.6) is 11.5 Å². The number of hydrogen-bond donors (Lipinski definition) is 3. The Hall–Kier alpha value is -4.59. The summed E-state index contributed by atoms with van der Waals surface area (Å²) in [6, 6.07) is 24.3. The number of nitrogens with two attached hydrogens (primary N) is 1. The summed E-state index contributed by atoms with van der Waals surface area (Å²) in [7, 11) is 0. The molecular formula is C25H23N5O3. The second-order valence-corrected chi connectivity index (χ2v) is 7.30. The molecule has 166 valence electrons. The SMILES string of the molecule is NC(=O)NC(CC(=O)Nc1cccc(-n2cccn2)c1)c1cccc(Oc2ccccc2)c1. The molecule has 4 aromatic rings. The van der Waals surface area contributed by atoms with Crippen LogP contribution in [0, 0.1) is 0 Å². The van der Waals surface area contributed by atoms with Crippen molar-refractivity contribution in [2.45, 2.75) is 12.5 Å². The molecule has 0 saturated carbocycles. The average molecular weight is 441 g/mol. The number of primary amides is 1. The van der Waals surface area contributed by atoms with Gasteiger partial charge >= 0.3 is 6.03 Å². The van der Waals surface area contributed by atoms with Gasteiger partial charge in [0.15, 0.2) is 0 Å². The standard InChI is InChI=1S/C25H23N5O3/c26-25(32)29-23(18-7-4-12-22(15-18)33-21-10-2-1-3-11-21)17-24(31)28-19-8-5-9-20(16-19)30-14-6-13-27-30/h1-16,23H,17H2,(H,28,31)(H3,26,29,32). The molecule has 8 nitrogen and oxygen atoms in total. The quantitative estimate of drug-likeness (QED) is 0.376. The summed E-state index contributed by atoms with van der Waals surface area (Å²) in [6.45, 7) is 0. The van der Waals surface area contributed by atoms with E-state index in [0.29, 0.717) is 22.7 Å². The minimum absolute atomic E-state index is 0.0102. The lowest BCUT2D eigenvalue weighted by Crippen LogP contribution is -2.35. The lowest BCUT2D eigenvalue weighted by molar-refractivity contribution is -0.116.